The van der Waals surface area contributed by atoms with Crippen LogP contribution in [0.5, 0.6) is 0 Å². The molecule has 1 unspecified atom stereocenters. The standard InChI is InChI=1S/C17H20ClN3OS.2ClH/c1-17(10-19)6-7-21(11-17)15(22)8-14-9-23-16(20-14)12-2-4-13(18)5-3-12;;/h2-5,9H,6-8,10-11,19H2,1H3;2*1H. The van der Waals surface area contributed by atoms with E-state index in [0.717, 1.165) is 35.8 Å². The highest BCUT2D eigenvalue weighted by Gasteiger charge is 2.34. The van der Waals surface area contributed by atoms with Crippen molar-refractivity contribution >= 4 is 53.7 Å². The molecule has 1 atom stereocenters. The summed E-state index contributed by atoms with van der Waals surface area (Å²) in [5, 5.41) is 3.58. The van der Waals surface area contributed by atoms with Gasteiger partial charge in [0.25, 0.3) is 0 Å². The minimum absolute atomic E-state index is 0. The molecule has 0 radical (unpaired) electrons. The monoisotopic (exact) mass is 421 g/mol. The number of nitrogens with zero attached hydrogens (tertiary/aromatic N) is 2. The van der Waals surface area contributed by atoms with Crippen LogP contribution >= 0.6 is 47.8 Å². The fourth-order valence-electron chi connectivity index (χ4n) is 2.78. The van der Waals surface area contributed by atoms with Gasteiger partial charge < -0.3 is 10.6 Å². The smallest absolute Gasteiger partial charge is 0.228 e. The van der Waals surface area contributed by atoms with E-state index in [9.17, 15) is 4.79 Å². The maximum absolute atomic E-state index is 12.4. The lowest BCUT2D eigenvalue weighted by Crippen LogP contribution is -2.35. The number of amides is 1. The van der Waals surface area contributed by atoms with E-state index in [0.29, 0.717) is 18.0 Å². The van der Waals surface area contributed by atoms with Gasteiger partial charge in [0.15, 0.2) is 0 Å². The van der Waals surface area contributed by atoms with Gasteiger partial charge in [0, 0.05) is 29.1 Å². The average Bonchev–Trinajstić information content (AvgIpc) is 3.16. The molecule has 1 aromatic heterocycles. The van der Waals surface area contributed by atoms with Gasteiger partial charge in [-0.2, -0.15) is 0 Å². The van der Waals surface area contributed by atoms with E-state index in [4.69, 9.17) is 17.3 Å². The zero-order valence-corrected chi connectivity index (χ0v) is 17.1. The van der Waals surface area contributed by atoms with Crippen molar-refractivity contribution in [2.75, 3.05) is 19.6 Å². The number of carbonyl (C=O) groups is 1. The van der Waals surface area contributed by atoms with Crippen LogP contribution in [0.25, 0.3) is 10.6 Å². The Morgan fingerprint density at radius 3 is 2.64 bits per heavy atom. The Labute approximate surface area is 169 Å². The molecule has 0 aliphatic carbocycles. The van der Waals surface area contributed by atoms with Crippen molar-refractivity contribution in [3.05, 3.63) is 40.4 Å². The van der Waals surface area contributed by atoms with E-state index >= 15 is 0 Å². The van der Waals surface area contributed by atoms with Gasteiger partial charge in [-0.05, 0) is 30.5 Å². The van der Waals surface area contributed by atoms with Gasteiger partial charge in [0.1, 0.15) is 5.01 Å². The Morgan fingerprint density at radius 2 is 2.04 bits per heavy atom. The first-order valence-corrected chi connectivity index (χ1v) is 8.93. The molecule has 1 aliphatic rings. The zero-order chi connectivity index (χ0) is 16.4. The first kappa shape index (κ1) is 22.2. The summed E-state index contributed by atoms with van der Waals surface area (Å²) in [6.45, 7) is 4.30. The van der Waals surface area contributed by atoms with Crippen molar-refractivity contribution in [2.45, 2.75) is 19.8 Å². The van der Waals surface area contributed by atoms with Crippen LogP contribution in [-0.4, -0.2) is 35.4 Å². The van der Waals surface area contributed by atoms with Crippen LogP contribution in [0.2, 0.25) is 5.02 Å². The van der Waals surface area contributed by atoms with Crippen molar-refractivity contribution in [3.8, 4) is 10.6 Å². The molecule has 25 heavy (non-hydrogen) atoms. The summed E-state index contributed by atoms with van der Waals surface area (Å²) in [5.74, 6) is 0.134. The Balaban J connectivity index is 0.00000156. The van der Waals surface area contributed by atoms with Crippen LogP contribution in [0, 0.1) is 5.41 Å². The van der Waals surface area contributed by atoms with Gasteiger partial charge in [-0.3, -0.25) is 4.79 Å². The van der Waals surface area contributed by atoms with Gasteiger partial charge in [-0.1, -0.05) is 30.7 Å². The number of halogens is 3. The van der Waals surface area contributed by atoms with Crippen LogP contribution in [0.1, 0.15) is 19.0 Å². The quantitative estimate of drug-likeness (QED) is 0.808. The molecule has 4 nitrogen and oxygen atoms in total. The van der Waals surface area contributed by atoms with Crippen molar-refractivity contribution in [2.24, 2.45) is 11.1 Å². The van der Waals surface area contributed by atoms with Crippen LogP contribution in [0.15, 0.2) is 29.6 Å². The summed E-state index contributed by atoms with van der Waals surface area (Å²) in [4.78, 5) is 18.9. The molecule has 1 amide bonds. The molecule has 0 spiro atoms. The van der Waals surface area contributed by atoms with Gasteiger partial charge in [-0.15, -0.1) is 36.2 Å². The van der Waals surface area contributed by atoms with Gasteiger partial charge in [0.2, 0.25) is 5.91 Å². The number of hydrogen-bond acceptors (Lipinski definition) is 4. The first-order valence-electron chi connectivity index (χ1n) is 7.67. The fraction of sp³-hybridized carbons (Fsp3) is 0.412. The molecular weight excluding hydrogens is 401 g/mol. The number of aromatic nitrogens is 1. The second kappa shape index (κ2) is 9.19. The van der Waals surface area contributed by atoms with Crippen LogP contribution in [0.3, 0.4) is 0 Å². The number of thiazole rings is 1. The summed E-state index contributed by atoms with van der Waals surface area (Å²) in [7, 11) is 0. The summed E-state index contributed by atoms with van der Waals surface area (Å²) >= 11 is 7.46. The lowest BCUT2D eigenvalue weighted by atomic mass is 9.90. The highest BCUT2D eigenvalue weighted by molar-refractivity contribution is 7.13. The maximum Gasteiger partial charge on any atom is 0.228 e. The van der Waals surface area contributed by atoms with E-state index in [1.54, 1.807) is 11.3 Å². The van der Waals surface area contributed by atoms with Crippen molar-refractivity contribution in [1.82, 2.24) is 9.88 Å². The first-order chi connectivity index (χ1) is 11.0. The van der Waals surface area contributed by atoms with E-state index in [2.05, 4.69) is 11.9 Å². The Hall–Kier alpha value is -0.850. The molecule has 0 saturated carbocycles. The summed E-state index contributed by atoms with van der Waals surface area (Å²) in [5.41, 5.74) is 7.71. The van der Waals surface area contributed by atoms with Crippen molar-refractivity contribution in [3.63, 3.8) is 0 Å². The third-order valence-corrected chi connectivity index (χ3v) is 5.57. The van der Waals surface area contributed by atoms with Gasteiger partial charge >= 0.3 is 0 Å². The molecule has 138 valence electrons. The van der Waals surface area contributed by atoms with Crippen molar-refractivity contribution < 1.29 is 4.79 Å². The summed E-state index contributed by atoms with van der Waals surface area (Å²) < 4.78 is 0. The molecular formula is C17H22Cl3N3OS. The predicted octanol–water partition coefficient (Wildman–Crippen LogP) is 4.05. The molecule has 2 aromatic rings. The summed E-state index contributed by atoms with van der Waals surface area (Å²) in [6.07, 6.45) is 1.33. The molecule has 2 N–H and O–H groups in total. The van der Waals surface area contributed by atoms with E-state index in [-0.39, 0.29) is 36.1 Å². The SMILES string of the molecule is CC1(CN)CCN(C(=O)Cc2csc(-c3ccc(Cl)cc3)n2)C1.Cl.Cl. The topological polar surface area (TPSA) is 59.2 Å². The summed E-state index contributed by atoms with van der Waals surface area (Å²) in [6, 6.07) is 7.59. The Kier molecular flexibility index (Phi) is 8.16. The maximum atomic E-state index is 12.4. The minimum atomic E-state index is 0. The Bertz CT molecular complexity index is 707. The Morgan fingerprint density at radius 1 is 1.36 bits per heavy atom. The highest BCUT2D eigenvalue weighted by Crippen LogP contribution is 2.29. The molecule has 8 heteroatoms. The zero-order valence-electron chi connectivity index (χ0n) is 13.9. The van der Waals surface area contributed by atoms with Crippen LogP contribution in [-0.2, 0) is 11.2 Å². The molecule has 0 bridgehead atoms. The number of likely N-dealkylation sites (tertiary alicyclic amines) is 1. The molecule has 1 aromatic carbocycles. The third-order valence-electron chi connectivity index (χ3n) is 4.38. The predicted molar refractivity (Wildman–Crippen MR) is 109 cm³/mol. The van der Waals surface area contributed by atoms with Gasteiger partial charge in [0.05, 0.1) is 12.1 Å². The minimum Gasteiger partial charge on any atom is -0.342 e. The molecule has 1 aliphatic heterocycles. The average molecular weight is 423 g/mol. The lowest BCUT2D eigenvalue weighted by Gasteiger charge is -2.22. The number of rotatable bonds is 4. The molecule has 2 heterocycles. The second-order valence-corrected chi connectivity index (χ2v) is 7.70. The van der Waals surface area contributed by atoms with Crippen LogP contribution in [0.4, 0.5) is 0 Å². The third kappa shape index (κ3) is 5.31. The fourth-order valence-corrected chi connectivity index (χ4v) is 3.74. The van der Waals surface area contributed by atoms with Crippen molar-refractivity contribution in [1.29, 1.82) is 0 Å². The van der Waals surface area contributed by atoms with E-state index in [1.807, 2.05) is 34.5 Å². The molecule has 1 saturated heterocycles. The molecule has 1 fully saturated rings. The van der Waals surface area contributed by atoms with E-state index in [1.165, 1.54) is 0 Å². The number of carbonyl (C=O) groups excluding carboxylic acids is 1. The molecule has 3 rings (SSSR count). The largest absolute Gasteiger partial charge is 0.342 e. The van der Waals surface area contributed by atoms with Gasteiger partial charge in [-0.25, -0.2) is 4.98 Å². The second-order valence-electron chi connectivity index (χ2n) is 6.41. The number of nitrogens with two attached hydrogens (primary N) is 1. The number of hydrogen-bond donors (Lipinski definition) is 1. The lowest BCUT2D eigenvalue weighted by molar-refractivity contribution is -0.129. The number of benzene rings is 1. The normalized spacial score (nSPS) is 19.2. The van der Waals surface area contributed by atoms with E-state index < -0.39 is 0 Å². The van der Waals surface area contributed by atoms with Crippen LogP contribution < -0.4 is 5.73 Å². The highest BCUT2D eigenvalue weighted by atomic mass is 35.5.